The Morgan fingerprint density at radius 2 is 1.70 bits per heavy atom. The average Bonchev–Trinajstić information content (AvgIpc) is 2.67. The van der Waals surface area contributed by atoms with Crippen LogP contribution in [0.5, 0.6) is 0 Å². The molecule has 6 heteroatoms. The van der Waals surface area contributed by atoms with E-state index in [9.17, 15) is 4.79 Å². The first-order valence-corrected chi connectivity index (χ1v) is 12.4. The fraction of sp³-hybridized carbons (Fsp3) is 0.667. The Morgan fingerprint density at radius 1 is 1.07 bits per heavy atom. The highest BCUT2D eigenvalue weighted by molar-refractivity contribution is 7.80. The molecule has 4 nitrogen and oxygen atoms in total. The third-order valence-electron chi connectivity index (χ3n) is 7.86. The molecule has 0 unspecified atom stereocenters. The van der Waals surface area contributed by atoms with Crippen LogP contribution in [0.4, 0.5) is 11.4 Å². The molecule has 0 aromatic heterocycles. The van der Waals surface area contributed by atoms with Gasteiger partial charge in [0.1, 0.15) is 0 Å². The van der Waals surface area contributed by atoms with Gasteiger partial charge in [-0.1, -0.05) is 11.6 Å². The summed E-state index contributed by atoms with van der Waals surface area (Å²) in [6.45, 7) is 2.12. The zero-order chi connectivity index (χ0) is 20.7. The van der Waals surface area contributed by atoms with E-state index in [1.807, 2.05) is 12.1 Å². The summed E-state index contributed by atoms with van der Waals surface area (Å²) >= 11 is 12.0. The minimum absolute atomic E-state index is 0.0606. The number of piperidine rings is 1. The molecule has 6 rings (SSSR count). The summed E-state index contributed by atoms with van der Waals surface area (Å²) in [6.07, 6.45) is 12.3. The molecule has 30 heavy (non-hydrogen) atoms. The highest BCUT2D eigenvalue weighted by Gasteiger charge is 2.51. The molecule has 1 aromatic rings. The van der Waals surface area contributed by atoms with E-state index >= 15 is 0 Å². The molecular weight excluding hydrogens is 414 g/mol. The number of carbonyl (C=O) groups is 1. The third kappa shape index (κ3) is 4.34. The highest BCUT2D eigenvalue weighted by Crippen LogP contribution is 2.61. The molecule has 4 bridgehead atoms. The van der Waals surface area contributed by atoms with Crippen LogP contribution in [0.2, 0.25) is 5.02 Å². The molecule has 162 valence electrons. The van der Waals surface area contributed by atoms with Gasteiger partial charge in [0.25, 0.3) is 0 Å². The van der Waals surface area contributed by atoms with Crippen molar-refractivity contribution in [3.8, 4) is 0 Å². The van der Waals surface area contributed by atoms with E-state index in [2.05, 4.69) is 21.6 Å². The van der Waals surface area contributed by atoms with Gasteiger partial charge in [-0.3, -0.25) is 4.79 Å². The molecule has 4 saturated carbocycles. The Morgan fingerprint density at radius 3 is 2.30 bits per heavy atom. The molecule has 0 spiro atoms. The summed E-state index contributed by atoms with van der Waals surface area (Å²) in [6, 6.07) is 5.95. The summed E-state index contributed by atoms with van der Waals surface area (Å²) in [4.78, 5) is 15.1. The quantitative estimate of drug-likeness (QED) is 0.579. The van der Waals surface area contributed by atoms with Gasteiger partial charge in [-0.15, -0.1) is 0 Å². The van der Waals surface area contributed by atoms with Gasteiger partial charge in [0.15, 0.2) is 5.11 Å². The Kier molecular flexibility index (Phi) is 5.70. The number of hydrogen-bond acceptors (Lipinski definition) is 3. The first-order chi connectivity index (χ1) is 14.5. The van der Waals surface area contributed by atoms with Crippen molar-refractivity contribution in [1.82, 2.24) is 5.32 Å². The van der Waals surface area contributed by atoms with Crippen LogP contribution >= 0.6 is 23.8 Å². The summed E-state index contributed by atoms with van der Waals surface area (Å²) in [5.74, 6) is 2.63. The summed E-state index contributed by atoms with van der Waals surface area (Å²) in [5.41, 5.74) is 2.13. The van der Waals surface area contributed by atoms with Gasteiger partial charge in [0.05, 0.1) is 10.7 Å². The van der Waals surface area contributed by atoms with Crippen LogP contribution in [-0.4, -0.2) is 24.1 Å². The molecule has 5 aliphatic rings. The van der Waals surface area contributed by atoms with Crippen molar-refractivity contribution in [1.29, 1.82) is 0 Å². The second-order valence-corrected chi connectivity index (χ2v) is 11.1. The largest absolute Gasteiger partial charge is 0.370 e. The number of benzene rings is 1. The molecule has 1 saturated heterocycles. The van der Waals surface area contributed by atoms with Gasteiger partial charge in [-0.25, -0.2) is 0 Å². The number of rotatable bonds is 4. The second-order valence-electron chi connectivity index (χ2n) is 10.3. The van der Waals surface area contributed by atoms with E-state index in [1.165, 1.54) is 57.8 Å². The minimum atomic E-state index is 0.0606. The van der Waals surface area contributed by atoms with Crippen LogP contribution in [0.25, 0.3) is 0 Å². The standard InChI is InChI=1S/C24H32ClN3OS/c25-20-11-19(4-5-21(20)28-6-2-1-3-7-28)26-23(30)27-22(29)15-24-12-16-8-17(13-24)10-18(9-16)14-24/h4-5,11,16-18H,1-3,6-10,12-15H2,(H2,26,27,29,30). The third-order valence-corrected chi connectivity index (χ3v) is 8.36. The van der Waals surface area contributed by atoms with E-state index in [-0.39, 0.29) is 11.3 Å². The van der Waals surface area contributed by atoms with E-state index in [0.717, 1.165) is 47.2 Å². The number of nitrogens with zero attached hydrogens (tertiary/aromatic N) is 1. The smallest absolute Gasteiger partial charge is 0.226 e. The normalized spacial score (nSPS) is 32.2. The lowest BCUT2D eigenvalue weighted by atomic mass is 9.49. The molecule has 1 aliphatic heterocycles. The molecule has 1 amide bonds. The lowest BCUT2D eigenvalue weighted by Gasteiger charge is -2.56. The van der Waals surface area contributed by atoms with Crippen molar-refractivity contribution in [2.45, 2.75) is 64.2 Å². The van der Waals surface area contributed by atoms with Gasteiger partial charge in [-0.2, -0.15) is 0 Å². The van der Waals surface area contributed by atoms with E-state index in [1.54, 1.807) is 0 Å². The summed E-state index contributed by atoms with van der Waals surface area (Å²) < 4.78 is 0. The molecule has 0 atom stereocenters. The lowest BCUT2D eigenvalue weighted by molar-refractivity contribution is -0.127. The van der Waals surface area contributed by atoms with Crippen LogP contribution in [-0.2, 0) is 4.79 Å². The zero-order valence-electron chi connectivity index (χ0n) is 17.6. The fourth-order valence-electron chi connectivity index (χ4n) is 7.16. The maximum Gasteiger partial charge on any atom is 0.226 e. The zero-order valence-corrected chi connectivity index (χ0v) is 19.2. The van der Waals surface area contributed by atoms with Gasteiger partial charge >= 0.3 is 0 Å². The summed E-state index contributed by atoms with van der Waals surface area (Å²) in [5, 5.41) is 7.17. The Balaban J connectivity index is 1.16. The predicted molar refractivity (Wildman–Crippen MR) is 127 cm³/mol. The van der Waals surface area contributed by atoms with Crippen LogP contribution in [0, 0.1) is 23.2 Å². The number of anilines is 2. The molecule has 4 aliphatic carbocycles. The van der Waals surface area contributed by atoms with Crippen molar-refractivity contribution in [2.75, 3.05) is 23.3 Å². The number of carbonyl (C=O) groups excluding carboxylic acids is 1. The Hall–Kier alpha value is -1.33. The van der Waals surface area contributed by atoms with Crippen molar-refractivity contribution in [3.63, 3.8) is 0 Å². The maximum atomic E-state index is 12.8. The molecular formula is C24H32ClN3OS. The number of amides is 1. The fourth-order valence-corrected chi connectivity index (χ4v) is 7.69. The van der Waals surface area contributed by atoms with Crippen LogP contribution in [0.1, 0.15) is 64.2 Å². The SMILES string of the molecule is O=C(CC12CC3CC(CC(C3)C1)C2)NC(=S)Nc1ccc(N2CCCCC2)c(Cl)c1. The van der Waals surface area contributed by atoms with E-state index < -0.39 is 0 Å². The summed E-state index contributed by atoms with van der Waals surface area (Å²) in [7, 11) is 0. The van der Waals surface area contributed by atoms with Crippen molar-refractivity contribution in [3.05, 3.63) is 23.2 Å². The van der Waals surface area contributed by atoms with Crippen molar-refractivity contribution >= 4 is 46.2 Å². The maximum absolute atomic E-state index is 12.8. The number of nitrogens with one attached hydrogen (secondary N) is 2. The van der Waals surface area contributed by atoms with Gasteiger partial charge in [0, 0.05) is 25.2 Å². The topological polar surface area (TPSA) is 44.4 Å². The Labute approximate surface area is 190 Å². The number of thiocarbonyl (C=S) groups is 1. The first-order valence-electron chi connectivity index (χ1n) is 11.6. The van der Waals surface area contributed by atoms with Crippen molar-refractivity contribution < 1.29 is 4.79 Å². The predicted octanol–water partition coefficient (Wildman–Crippen LogP) is 5.75. The van der Waals surface area contributed by atoms with Crippen LogP contribution in [0.15, 0.2) is 18.2 Å². The van der Waals surface area contributed by atoms with E-state index in [4.69, 9.17) is 23.8 Å². The molecule has 5 fully saturated rings. The van der Waals surface area contributed by atoms with Crippen molar-refractivity contribution in [2.24, 2.45) is 23.2 Å². The second kappa shape index (κ2) is 8.31. The highest BCUT2D eigenvalue weighted by atomic mass is 35.5. The number of halogens is 1. The van der Waals surface area contributed by atoms with Gasteiger partial charge < -0.3 is 15.5 Å². The van der Waals surface area contributed by atoms with Gasteiger partial charge in [-0.05, 0) is 111 Å². The molecule has 1 heterocycles. The molecule has 0 radical (unpaired) electrons. The Bertz CT molecular complexity index is 800. The lowest BCUT2D eigenvalue weighted by Crippen LogP contribution is -2.48. The molecule has 1 aromatic carbocycles. The first kappa shape index (κ1) is 20.6. The van der Waals surface area contributed by atoms with Crippen LogP contribution < -0.4 is 15.5 Å². The number of hydrogen-bond donors (Lipinski definition) is 2. The van der Waals surface area contributed by atoms with Crippen LogP contribution in [0.3, 0.4) is 0 Å². The minimum Gasteiger partial charge on any atom is -0.370 e. The molecule has 2 N–H and O–H groups in total. The monoisotopic (exact) mass is 445 g/mol. The average molecular weight is 446 g/mol. The van der Waals surface area contributed by atoms with E-state index in [0.29, 0.717) is 11.5 Å². The van der Waals surface area contributed by atoms with Gasteiger partial charge in [0.2, 0.25) is 5.91 Å².